The highest BCUT2D eigenvalue weighted by atomic mass is 16.6. The zero-order valence-corrected chi connectivity index (χ0v) is 16.2. The average Bonchev–Trinajstić information content (AvgIpc) is 3.12. The third-order valence-electron chi connectivity index (χ3n) is 4.28. The Labute approximate surface area is 164 Å². The SMILES string of the molecule is CCOC(=O)COc1ccc2ccn(CCCOc3ccc(OC)cc3)c2c1. The van der Waals surface area contributed by atoms with Crippen molar-refractivity contribution in [2.45, 2.75) is 19.9 Å². The van der Waals surface area contributed by atoms with Gasteiger partial charge in [0.15, 0.2) is 6.61 Å². The number of carbonyl (C=O) groups excluding carboxylic acids is 1. The molecule has 0 amide bonds. The average molecular weight is 383 g/mol. The van der Waals surface area contributed by atoms with Crippen molar-refractivity contribution in [3.8, 4) is 17.2 Å². The summed E-state index contributed by atoms with van der Waals surface area (Å²) in [4.78, 5) is 11.5. The van der Waals surface area contributed by atoms with Crippen molar-refractivity contribution in [1.29, 1.82) is 0 Å². The largest absolute Gasteiger partial charge is 0.497 e. The Bertz CT molecular complexity index is 901. The first-order valence-electron chi connectivity index (χ1n) is 9.33. The molecule has 0 aliphatic heterocycles. The number of hydrogen-bond donors (Lipinski definition) is 0. The zero-order chi connectivity index (χ0) is 19.8. The van der Waals surface area contributed by atoms with Crippen molar-refractivity contribution >= 4 is 16.9 Å². The molecule has 1 heterocycles. The van der Waals surface area contributed by atoms with Gasteiger partial charge in [-0.2, -0.15) is 0 Å². The van der Waals surface area contributed by atoms with Gasteiger partial charge in [0.1, 0.15) is 17.2 Å². The van der Waals surface area contributed by atoms with Gasteiger partial charge in [0.2, 0.25) is 0 Å². The topological polar surface area (TPSA) is 58.9 Å². The number of hydrogen-bond acceptors (Lipinski definition) is 5. The highest BCUT2D eigenvalue weighted by molar-refractivity contribution is 5.81. The summed E-state index contributed by atoms with van der Waals surface area (Å²) in [5, 5.41) is 1.12. The lowest BCUT2D eigenvalue weighted by atomic mass is 10.2. The molecule has 148 valence electrons. The van der Waals surface area contributed by atoms with E-state index < -0.39 is 0 Å². The minimum Gasteiger partial charge on any atom is -0.497 e. The van der Waals surface area contributed by atoms with Gasteiger partial charge in [-0.15, -0.1) is 0 Å². The molecule has 0 N–H and O–H groups in total. The fraction of sp³-hybridized carbons (Fsp3) is 0.318. The van der Waals surface area contributed by atoms with E-state index in [4.69, 9.17) is 18.9 Å². The van der Waals surface area contributed by atoms with E-state index in [9.17, 15) is 4.79 Å². The number of rotatable bonds is 10. The molecule has 3 aromatic rings. The van der Waals surface area contributed by atoms with Gasteiger partial charge < -0.3 is 23.5 Å². The van der Waals surface area contributed by atoms with Gasteiger partial charge in [-0.05, 0) is 61.2 Å². The van der Waals surface area contributed by atoms with E-state index in [2.05, 4.69) is 10.6 Å². The van der Waals surface area contributed by atoms with Crippen LogP contribution in [0.1, 0.15) is 13.3 Å². The van der Waals surface area contributed by atoms with Gasteiger partial charge >= 0.3 is 5.97 Å². The molecule has 6 nitrogen and oxygen atoms in total. The lowest BCUT2D eigenvalue weighted by Gasteiger charge is -2.10. The molecule has 0 fully saturated rings. The van der Waals surface area contributed by atoms with Gasteiger partial charge in [-0.25, -0.2) is 4.79 Å². The maximum atomic E-state index is 11.5. The number of nitrogens with zero attached hydrogens (tertiary/aromatic N) is 1. The van der Waals surface area contributed by atoms with Crippen molar-refractivity contribution in [1.82, 2.24) is 4.57 Å². The first kappa shape index (κ1) is 19.6. The van der Waals surface area contributed by atoms with Gasteiger partial charge in [0.05, 0.1) is 25.8 Å². The summed E-state index contributed by atoms with van der Waals surface area (Å²) >= 11 is 0. The highest BCUT2D eigenvalue weighted by Crippen LogP contribution is 2.23. The second-order valence-corrected chi connectivity index (χ2v) is 6.20. The van der Waals surface area contributed by atoms with Crippen LogP contribution in [0.2, 0.25) is 0 Å². The molecule has 1 aromatic heterocycles. The molecule has 0 radical (unpaired) electrons. The van der Waals surface area contributed by atoms with Crippen LogP contribution in [0.25, 0.3) is 10.9 Å². The van der Waals surface area contributed by atoms with Crippen LogP contribution in [0.3, 0.4) is 0 Å². The Morgan fingerprint density at radius 2 is 1.71 bits per heavy atom. The van der Waals surface area contributed by atoms with Crippen molar-refractivity contribution in [2.24, 2.45) is 0 Å². The number of benzene rings is 2. The summed E-state index contributed by atoms with van der Waals surface area (Å²) in [7, 11) is 1.64. The summed E-state index contributed by atoms with van der Waals surface area (Å²) in [6.07, 6.45) is 2.91. The Morgan fingerprint density at radius 1 is 0.964 bits per heavy atom. The van der Waals surface area contributed by atoms with Crippen molar-refractivity contribution in [2.75, 3.05) is 26.9 Å². The third-order valence-corrected chi connectivity index (χ3v) is 4.28. The third kappa shape index (κ3) is 5.19. The molecule has 0 bridgehead atoms. The second kappa shape index (κ2) is 9.69. The van der Waals surface area contributed by atoms with Crippen molar-refractivity contribution in [3.05, 3.63) is 54.7 Å². The molecule has 6 heteroatoms. The molecular formula is C22H25NO5. The van der Waals surface area contributed by atoms with Crippen LogP contribution in [0.4, 0.5) is 0 Å². The number of carbonyl (C=O) groups is 1. The van der Waals surface area contributed by atoms with Crippen LogP contribution >= 0.6 is 0 Å². The summed E-state index contributed by atoms with van der Waals surface area (Å²) < 4.78 is 23.5. The second-order valence-electron chi connectivity index (χ2n) is 6.20. The van der Waals surface area contributed by atoms with Gasteiger partial charge in [0, 0.05) is 18.8 Å². The molecule has 0 aliphatic carbocycles. The van der Waals surface area contributed by atoms with Crippen LogP contribution in [0.15, 0.2) is 54.7 Å². The molecule has 0 spiro atoms. The molecule has 3 rings (SSSR count). The number of ether oxygens (including phenoxy) is 4. The van der Waals surface area contributed by atoms with E-state index in [0.29, 0.717) is 19.0 Å². The number of fused-ring (bicyclic) bond motifs is 1. The minimum absolute atomic E-state index is 0.0875. The molecular weight excluding hydrogens is 358 g/mol. The molecule has 0 unspecified atom stereocenters. The van der Waals surface area contributed by atoms with E-state index in [-0.39, 0.29) is 12.6 Å². The fourth-order valence-electron chi connectivity index (χ4n) is 2.89. The van der Waals surface area contributed by atoms with Crippen molar-refractivity contribution < 1.29 is 23.7 Å². The summed E-state index contributed by atoms with van der Waals surface area (Å²) in [6.45, 7) is 3.47. The number of aryl methyl sites for hydroxylation is 1. The molecule has 0 saturated heterocycles. The molecule has 0 aliphatic rings. The highest BCUT2D eigenvalue weighted by Gasteiger charge is 2.06. The monoisotopic (exact) mass is 383 g/mol. The van der Waals surface area contributed by atoms with Crippen molar-refractivity contribution in [3.63, 3.8) is 0 Å². The molecule has 0 atom stereocenters. The first-order chi connectivity index (χ1) is 13.7. The molecule has 28 heavy (non-hydrogen) atoms. The number of methoxy groups -OCH3 is 1. The Kier molecular flexibility index (Phi) is 6.78. The van der Waals surface area contributed by atoms with Gasteiger partial charge in [-0.3, -0.25) is 0 Å². The first-order valence-corrected chi connectivity index (χ1v) is 9.33. The maximum absolute atomic E-state index is 11.5. The maximum Gasteiger partial charge on any atom is 0.344 e. The standard InChI is InChI=1S/C22H25NO5/c1-3-26-22(24)16-28-20-6-5-17-11-13-23(21(17)15-20)12-4-14-27-19-9-7-18(25-2)8-10-19/h5-11,13,15H,3-4,12,14,16H2,1-2H3. The van der Waals surface area contributed by atoms with E-state index in [1.807, 2.05) is 48.7 Å². The fourth-order valence-corrected chi connectivity index (χ4v) is 2.89. The lowest BCUT2D eigenvalue weighted by molar-refractivity contribution is -0.145. The summed E-state index contributed by atoms with van der Waals surface area (Å²) in [5.41, 5.74) is 1.06. The quantitative estimate of drug-likeness (QED) is 0.390. The Hall–Kier alpha value is -3.15. The predicted molar refractivity (Wildman–Crippen MR) is 107 cm³/mol. The Morgan fingerprint density at radius 3 is 2.46 bits per heavy atom. The van der Waals surface area contributed by atoms with E-state index in [0.717, 1.165) is 35.4 Å². The van der Waals surface area contributed by atoms with Crippen LogP contribution in [-0.4, -0.2) is 37.5 Å². The van der Waals surface area contributed by atoms with Crippen LogP contribution in [0, 0.1) is 0 Å². The van der Waals surface area contributed by atoms with Crippen LogP contribution in [0.5, 0.6) is 17.2 Å². The summed E-state index contributed by atoms with van der Waals surface area (Å²) in [5.74, 6) is 1.92. The van der Waals surface area contributed by atoms with Crippen LogP contribution in [-0.2, 0) is 16.1 Å². The van der Waals surface area contributed by atoms with Gasteiger partial charge in [-0.1, -0.05) is 0 Å². The van der Waals surface area contributed by atoms with E-state index in [1.165, 1.54) is 0 Å². The Balaban J connectivity index is 1.53. The summed E-state index contributed by atoms with van der Waals surface area (Å²) in [6, 6.07) is 15.4. The number of aromatic nitrogens is 1. The van der Waals surface area contributed by atoms with Gasteiger partial charge in [0.25, 0.3) is 0 Å². The normalized spacial score (nSPS) is 10.6. The van der Waals surface area contributed by atoms with E-state index >= 15 is 0 Å². The van der Waals surface area contributed by atoms with E-state index in [1.54, 1.807) is 14.0 Å². The smallest absolute Gasteiger partial charge is 0.344 e. The number of esters is 1. The minimum atomic E-state index is -0.367. The molecule has 2 aromatic carbocycles. The van der Waals surface area contributed by atoms with Crippen LogP contribution < -0.4 is 14.2 Å². The molecule has 0 saturated carbocycles. The predicted octanol–water partition coefficient (Wildman–Crippen LogP) is 4.06. The lowest BCUT2D eigenvalue weighted by Crippen LogP contribution is -2.14. The zero-order valence-electron chi connectivity index (χ0n) is 16.2.